The van der Waals surface area contributed by atoms with Crippen LogP contribution in [0.4, 0.5) is 5.13 Å². The van der Waals surface area contributed by atoms with Crippen molar-refractivity contribution in [3.8, 4) is 0 Å². The highest BCUT2D eigenvalue weighted by molar-refractivity contribution is 7.22. The van der Waals surface area contributed by atoms with Crippen molar-refractivity contribution in [1.29, 1.82) is 0 Å². The smallest absolute Gasteiger partial charge is 0.263 e. The predicted molar refractivity (Wildman–Crippen MR) is 98.0 cm³/mol. The number of carbonyl (C=O) groups excluding carboxylic acids is 1. The molecule has 0 aliphatic carbocycles. The zero-order valence-corrected chi connectivity index (χ0v) is 14.5. The molecule has 0 aliphatic heterocycles. The molecule has 0 saturated heterocycles. The maximum absolute atomic E-state index is 12.3. The summed E-state index contributed by atoms with van der Waals surface area (Å²) in [4.78, 5) is 31.2. The number of nitrogens with zero attached hydrogens (tertiary/aromatic N) is 1. The molecule has 24 heavy (non-hydrogen) atoms. The Morgan fingerprint density at radius 1 is 1.29 bits per heavy atom. The SMILES string of the molecule is CCCCc1ccc2nc(NC(=O)c3ccc(C)[nH]c3=O)sc2c1. The molecular formula is C18H19N3O2S. The average molecular weight is 341 g/mol. The lowest BCUT2D eigenvalue weighted by atomic mass is 10.1. The molecule has 5 nitrogen and oxygen atoms in total. The minimum Gasteiger partial charge on any atom is -0.326 e. The number of nitrogens with one attached hydrogen (secondary N) is 2. The van der Waals surface area contributed by atoms with Gasteiger partial charge in [-0.05, 0) is 49.6 Å². The largest absolute Gasteiger partial charge is 0.326 e. The van der Waals surface area contributed by atoms with Crippen LogP contribution < -0.4 is 10.9 Å². The minimum atomic E-state index is -0.443. The summed E-state index contributed by atoms with van der Waals surface area (Å²) in [5, 5.41) is 3.22. The third-order valence-corrected chi connectivity index (χ3v) is 4.73. The molecule has 1 amide bonds. The van der Waals surface area contributed by atoms with Crippen LogP contribution in [0.5, 0.6) is 0 Å². The lowest BCUT2D eigenvalue weighted by Crippen LogP contribution is -2.23. The van der Waals surface area contributed by atoms with Gasteiger partial charge in [-0.15, -0.1) is 0 Å². The summed E-state index contributed by atoms with van der Waals surface area (Å²) in [6.07, 6.45) is 3.36. The Morgan fingerprint density at radius 3 is 2.88 bits per heavy atom. The molecule has 0 aliphatic rings. The molecular weight excluding hydrogens is 322 g/mol. The number of anilines is 1. The molecule has 2 aromatic heterocycles. The van der Waals surface area contributed by atoms with Gasteiger partial charge in [0, 0.05) is 5.69 Å². The van der Waals surface area contributed by atoms with E-state index >= 15 is 0 Å². The van der Waals surface area contributed by atoms with Crippen molar-refractivity contribution in [1.82, 2.24) is 9.97 Å². The maximum atomic E-state index is 12.3. The van der Waals surface area contributed by atoms with Crippen LogP contribution in [0.1, 0.15) is 41.4 Å². The molecule has 0 saturated carbocycles. The Hall–Kier alpha value is -2.47. The van der Waals surface area contributed by atoms with E-state index in [0.717, 1.165) is 35.2 Å². The Balaban J connectivity index is 1.82. The van der Waals surface area contributed by atoms with Gasteiger partial charge in [-0.3, -0.25) is 14.9 Å². The van der Waals surface area contributed by atoms with Crippen LogP contribution in [0.2, 0.25) is 0 Å². The zero-order valence-electron chi connectivity index (χ0n) is 13.7. The molecule has 2 N–H and O–H groups in total. The second-order valence-electron chi connectivity index (χ2n) is 5.76. The van der Waals surface area contributed by atoms with Gasteiger partial charge in [0.1, 0.15) is 5.56 Å². The number of rotatable bonds is 5. The lowest BCUT2D eigenvalue weighted by molar-refractivity contribution is 0.102. The number of pyridine rings is 1. The van der Waals surface area contributed by atoms with Gasteiger partial charge in [0.15, 0.2) is 5.13 Å². The van der Waals surface area contributed by atoms with E-state index < -0.39 is 11.5 Å². The summed E-state index contributed by atoms with van der Waals surface area (Å²) >= 11 is 1.42. The van der Waals surface area contributed by atoms with Crippen molar-refractivity contribution < 1.29 is 4.79 Å². The lowest BCUT2D eigenvalue weighted by Gasteiger charge is -2.01. The first kappa shape index (κ1) is 16.4. The molecule has 0 radical (unpaired) electrons. The fraction of sp³-hybridized carbons (Fsp3) is 0.278. The van der Waals surface area contributed by atoms with Crippen LogP contribution in [0.15, 0.2) is 35.1 Å². The number of thiazole rings is 1. The maximum Gasteiger partial charge on any atom is 0.263 e. The fourth-order valence-corrected chi connectivity index (χ4v) is 3.40. The number of aromatic amines is 1. The molecule has 1 aromatic carbocycles. The number of unbranched alkanes of at least 4 members (excludes halogenated alkanes) is 1. The fourth-order valence-electron chi connectivity index (χ4n) is 2.47. The van der Waals surface area contributed by atoms with Crippen molar-refractivity contribution in [3.63, 3.8) is 0 Å². The molecule has 3 aromatic rings. The van der Waals surface area contributed by atoms with E-state index in [-0.39, 0.29) is 5.56 Å². The summed E-state index contributed by atoms with van der Waals surface area (Å²) in [5.74, 6) is -0.443. The summed E-state index contributed by atoms with van der Waals surface area (Å²) in [7, 11) is 0. The third kappa shape index (κ3) is 3.54. The highest BCUT2D eigenvalue weighted by atomic mass is 32.1. The highest BCUT2D eigenvalue weighted by Gasteiger charge is 2.13. The summed E-state index contributed by atoms with van der Waals surface area (Å²) in [5.41, 5.74) is 2.55. The average Bonchev–Trinajstić information content (AvgIpc) is 2.94. The molecule has 124 valence electrons. The number of fused-ring (bicyclic) bond motifs is 1. The predicted octanol–water partition coefficient (Wildman–Crippen LogP) is 3.89. The molecule has 0 fully saturated rings. The topological polar surface area (TPSA) is 74.8 Å². The summed E-state index contributed by atoms with van der Waals surface area (Å²) in [6, 6.07) is 9.41. The molecule has 0 unspecified atom stereocenters. The monoisotopic (exact) mass is 341 g/mol. The van der Waals surface area contributed by atoms with Gasteiger partial charge < -0.3 is 4.98 Å². The number of hydrogen-bond donors (Lipinski definition) is 2. The summed E-state index contributed by atoms with van der Waals surface area (Å²) in [6.45, 7) is 3.94. The third-order valence-electron chi connectivity index (χ3n) is 3.79. The Labute approximate surface area is 143 Å². The Bertz CT molecular complexity index is 943. The van der Waals surface area contributed by atoms with Crippen LogP contribution in [0, 0.1) is 6.92 Å². The van der Waals surface area contributed by atoms with Gasteiger partial charge in [-0.2, -0.15) is 0 Å². The normalized spacial score (nSPS) is 10.9. The summed E-state index contributed by atoms with van der Waals surface area (Å²) < 4.78 is 1.04. The number of aromatic nitrogens is 2. The zero-order chi connectivity index (χ0) is 17.1. The first-order valence-corrected chi connectivity index (χ1v) is 8.79. The molecule has 2 heterocycles. The van der Waals surface area contributed by atoms with Crippen LogP contribution in [-0.4, -0.2) is 15.9 Å². The number of amides is 1. The quantitative estimate of drug-likeness (QED) is 0.739. The van der Waals surface area contributed by atoms with E-state index in [1.807, 2.05) is 6.07 Å². The van der Waals surface area contributed by atoms with Crippen molar-refractivity contribution in [2.24, 2.45) is 0 Å². The molecule has 6 heteroatoms. The Morgan fingerprint density at radius 2 is 2.12 bits per heavy atom. The minimum absolute atomic E-state index is 0.0866. The second-order valence-corrected chi connectivity index (χ2v) is 6.79. The van der Waals surface area contributed by atoms with Gasteiger partial charge in [-0.1, -0.05) is 30.7 Å². The van der Waals surface area contributed by atoms with Crippen molar-refractivity contribution >= 4 is 32.6 Å². The molecule has 0 atom stereocenters. The van der Waals surface area contributed by atoms with Crippen LogP contribution >= 0.6 is 11.3 Å². The van der Waals surface area contributed by atoms with Crippen LogP contribution in [0.25, 0.3) is 10.2 Å². The van der Waals surface area contributed by atoms with E-state index in [9.17, 15) is 9.59 Å². The van der Waals surface area contributed by atoms with Gasteiger partial charge in [0.2, 0.25) is 0 Å². The van der Waals surface area contributed by atoms with Gasteiger partial charge in [0.25, 0.3) is 11.5 Å². The van der Waals surface area contributed by atoms with E-state index in [0.29, 0.717) is 5.13 Å². The van der Waals surface area contributed by atoms with Crippen LogP contribution in [0.3, 0.4) is 0 Å². The number of H-pyrrole nitrogens is 1. The standard InChI is InChI=1S/C18H19N3O2S/c1-3-4-5-12-7-9-14-15(10-12)24-18(20-14)21-17(23)13-8-6-11(2)19-16(13)22/h6-10H,3-5H2,1-2H3,(H,19,22)(H,20,21,23). The number of hydrogen-bond acceptors (Lipinski definition) is 4. The van der Waals surface area contributed by atoms with E-state index in [4.69, 9.17) is 0 Å². The van der Waals surface area contributed by atoms with Gasteiger partial charge in [-0.25, -0.2) is 4.98 Å². The number of benzene rings is 1. The van der Waals surface area contributed by atoms with Crippen molar-refractivity contribution in [2.45, 2.75) is 33.1 Å². The van der Waals surface area contributed by atoms with Gasteiger partial charge >= 0.3 is 0 Å². The number of aryl methyl sites for hydroxylation is 2. The highest BCUT2D eigenvalue weighted by Crippen LogP contribution is 2.27. The van der Waals surface area contributed by atoms with E-state index in [1.165, 1.54) is 23.0 Å². The van der Waals surface area contributed by atoms with E-state index in [1.54, 1.807) is 13.0 Å². The first-order valence-electron chi connectivity index (χ1n) is 7.97. The van der Waals surface area contributed by atoms with Crippen molar-refractivity contribution in [2.75, 3.05) is 5.32 Å². The van der Waals surface area contributed by atoms with Crippen LogP contribution in [-0.2, 0) is 6.42 Å². The molecule has 0 bridgehead atoms. The second kappa shape index (κ2) is 6.97. The van der Waals surface area contributed by atoms with E-state index in [2.05, 4.69) is 34.3 Å². The number of carbonyl (C=O) groups is 1. The van der Waals surface area contributed by atoms with Crippen molar-refractivity contribution in [3.05, 3.63) is 57.5 Å². The molecule has 0 spiro atoms. The molecule has 3 rings (SSSR count). The van der Waals surface area contributed by atoms with Gasteiger partial charge in [0.05, 0.1) is 10.2 Å². The first-order chi connectivity index (χ1) is 11.6. The Kier molecular flexibility index (Phi) is 4.76.